The predicted octanol–water partition coefficient (Wildman–Crippen LogP) is 0.947. The lowest BCUT2D eigenvalue weighted by molar-refractivity contribution is 0.0952. The molecule has 2 rings (SSSR count). The van der Waals surface area contributed by atoms with Crippen molar-refractivity contribution in [1.29, 1.82) is 0 Å². The molecule has 0 saturated heterocycles. The molecule has 1 heterocycles. The first-order valence-corrected chi connectivity index (χ1v) is 6.21. The maximum absolute atomic E-state index is 11.9. The van der Waals surface area contributed by atoms with Crippen LogP contribution in [0.1, 0.15) is 15.9 Å². The summed E-state index contributed by atoms with van der Waals surface area (Å²) >= 11 is 4.86. The van der Waals surface area contributed by atoms with Crippen molar-refractivity contribution in [2.24, 2.45) is 5.73 Å². The number of benzene rings is 1. The summed E-state index contributed by atoms with van der Waals surface area (Å²) in [6.07, 6.45) is 5.27. The minimum Gasteiger partial charge on any atom is -0.389 e. The van der Waals surface area contributed by atoms with Crippen molar-refractivity contribution in [2.45, 2.75) is 6.54 Å². The van der Waals surface area contributed by atoms with E-state index in [-0.39, 0.29) is 5.91 Å². The zero-order valence-corrected chi connectivity index (χ0v) is 11.1. The smallest absolute Gasteiger partial charge is 0.251 e. The van der Waals surface area contributed by atoms with Crippen molar-refractivity contribution >= 4 is 23.1 Å². The van der Waals surface area contributed by atoms with Gasteiger partial charge in [-0.1, -0.05) is 24.4 Å². The van der Waals surface area contributed by atoms with Crippen LogP contribution >= 0.6 is 12.2 Å². The fraction of sp³-hybridized carbons (Fsp3) is 0.154. The van der Waals surface area contributed by atoms with Crippen LogP contribution in [0.15, 0.2) is 43.0 Å². The summed E-state index contributed by atoms with van der Waals surface area (Å²) in [6, 6.07) is 6.91. The van der Waals surface area contributed by atoms with E-state index in [9.17, 15) is 4.79 Å². The Bertz CT molecular complexity index is 563. The van der Waals surface area contributed by atoms with Crippen molar-refractivity contribution in [3.05, 3.63) is 54.1 Å². The highest BCUT2D eigenvalue weighted by Crippen LogP contribution is 2.04. The van der Waals surface area contributed by atoms with E-state index >= 15 is 0 Å². The Labute approximate surface area is 116 Å². The van der Waals surface area contributed by atoms with Gasteiger partial charge in [-0.2, -0.15) is 0 Å². The average Bonchev–Trinajstić information content (AvgIpc) is 2.92. The summed E-state index contributed by atoms with van der Waals surface area (Å²) in [7, 11) is 0. The minimum atomic E-state index is -0.116. The Kier molecular flexibility index (Phi) is 4.25. The number of rotatable bonds is 5. The summed E-state index contributed by atoms with van der Waals surface area (Å²) in [5.41, 5.74) is 6.84. The molecule has 0 aliphatic rings. The topological polar surface area (TPSA) is 72.9 Å². The number of aromatic nitrogens is 2. The Balaban J connectivity index is 1.87. The standard InChI is InChI=1S/C13H14N4OS/c14-12(19)10-1-3-11(4-2-10)13(18)16-6-8-17-7-5-15-9-17/h1-5,7,9H,6,8H2,(H2,14,19)(H,16,18). The van der Waals surface area contributed by atoms with Gasteiger partial charge in [-0.05, 0) is 12.1 Å². The summed E-state index contributed by atoms with van der Waals surface area (Å²) in [5, 5.41) is 2.83. The van der Waals surface area contributed by atoms with E-state index in [4.69, 9.17) is 18.0 Å². The van der Waals surface area contributed by atoms with Crippen molar-refractivity contribution in [2.75, 3.05) is 6.54 Å². The molecule has 0 aliphatic heterocycles. The molecule has 0 unspecified atom stereocenters. The summed E-state index contributed by atoms with van der Waals surface area (Å²) < 4.78 is 1.90. The number of carbonyl (C=O) groups is 1. The van der Waals surface area contributed by atoms with E-state index in [1.165, 1.54) is 0 Å². The SMILES string of the molecule is NC(=S)c1ccc(C(=O)NCCn2ccnc2)cc1. The van der Waals surface area contributed by atoms with Gasteiger partial charge in [0.25, 0.3) is 5.91 Å². The molecule has 0 radical (unpaired) electrons. The molecule has 0 bridgehead atoms. The largest absolute Gasteiger partial charge is 0.389 e. The van der Waals surface area contributed by atoms with Crippen LogP contribution in [0.3, 0.4) is 0 Å². The van der Waals surface area contributed by atoms with Crippen LogP contribution in [0.5, 0.6) is 0 Å². The van der Waals surface area contributed by atoms with Crippen LogP contribution < -0.4 is 11.1 Å². The van der Waals surface area contributed by atoms with Crippen LogP contribution in [-0.4, -0.2) is 27.0 Å². The highest BCUT2D eigenvalue weighted by atomic mass is 32.1. The third kappa shape index (κ3) is 3.62. The van der Waals surface area contributed by atoms with Crippen molar-refractivity contribution in [3.8, 4) is 0 Å². The van der Waals surface area contributed by atoms with E-state index in [2.05, 4.69) is 10.3 Å². The normalized spacial score (nSPS) is 10.1. The molecule has 0 atom stereocenters. The molecule has 5 nitrogen and oxygen atoms in total. The van der Waals surface area contributed by atoms with Gasteiger partial charge < -0.3 is 15.6 Å². The number of nitrogens with zero attached hydrogens (tertiary/aromatic N) is 2. The molecular formula is C13H14N4OS. The molecule has 98 valence electrons. The zero-order chi connectivity index (χ0) is 13.7. The Morgan fingerprint density at radius 1 is 1.32 bits per heavy atom. The van der Waals surface area contributed by atoms with Gasteiger partial charge in [0, 0.05) is 36.6 Å². The number of nitrogens with one attached hydrogen (secondary N) is 1. The molecule has 19 heavy (non-hydrogen) atoms. The average molecular weight is 274 g/mol. The van der Waals surface area contributed by atoms with Crippen LogP contribution in [0.25, 0.3) is 0 Å². The Morgan fingerprint density at radius 3 is 2.58 bits per heavy atom. The molecule has 3 N–H and O–H groups in total. The molecule has 0 fully saturated rings. The molecule has 0 aliphatic carbocycles. The molecule has 2 aromatic rings. The lowest BCUT2D eigenvalue weighted by Crippen LogP contribution is -2.27. The second kappa shape index (κ2) is 6.10. The number of nitrogens with two attached hydrogens (primary N) is 1. The van der Waals surface area contributed by atoms with Gasteiger partial charge >= 0.3 is 0 Å². The summed E-state index contributed by atoms with van der Waals surface area (Å²) in [5.74, 6) is -0.116. The van der Waals surface area contributed by atoms with Crippen molar-refractivity contribution in [1.82, 2.24) is 14.9 Å². The second-order valence-electron chi connectivity index (χ2n) is 4.00. The highest BCUT2D eigenvalue weighted by Gasteiger charge is 2.05. The number of carbonyl (C=O) groups excluding carboxylic acids is 1. The Hall–Kier alpha value is -2.21. The summed E-state index contributed by atoms with van der Waals surface area (Å²) in [6.45, 7) is 1.24. The molecule has 1 aromatic carbocycles. The van der Waals surface area contributed by atoms with E-state index in [0.29, 0.717) is 23.6 Å². The van der Waals surface area contributed by atoms with Gasteiger partial charge in [-0.15, -0.1) is 0 Å². The van der Waals surface area contributed by atoms with Crippen molar-refractivity contribution in [3.63, 3.8) is 0 Å². The number of amides is 1. The van der Waals surface area contributed by atoms with Gasteiger partial charge in [-0.25, -0.2) is 4.98 Å². The van der Waals surface area contributed by atoms with E-state index in [1.807, 2.05) is 10.8 Å². The number of imidazole rings is 1. The van der Waals surface area contributed by atoms with Gasteiger partial charge in [0.2, 0.25) is 0 Å². The zero-order valence-electron chi connectivity index (χ0n) is 10.2. The van der Waals surface area contributed by atoms with Crippen LogP contribution in [0.2, 0.25) is 0 Å². The molecule has 1 amide bonds. The molecule has 1 aromatic heterocycles. The Morgan fingerprint density at radius 2 is 2.00 bits per heavy atom. The number of hydrogen-bond acceptors (Lipinski definition) is 3. The number of hydrogen-bond donors (Lipinski definition) is 2. The van der Waals surface area contributed by atoms with Crippen molar-refractivity contribution < 1.29 is 4.79 Å². The first kappa shape index (κ1) is 13.2. The maximum Gasteiger partial charge on any atom is 0.251 e. The lowest BCUT2D eigenvalue weighted by atomic mass is 10.1. The fourth-order valence-electron chi connectivity index (χ4n) is 1.61. The van der Waals surface area contributed by atoms with Crippen LogP contribution in [0.4, 0.5) is 0 Å². The van der Waals surface area contributed by atoms with Gasteiger partial charge in [0.15, 0.2) is 0 Å². The lowest BCUT2D eigenvalue weighted by Gasteiger charge is -2.06. The third-order valence-electron chi connectivity index (χ3n) is 2.65. The van der Waals surface area contributed by atoms with Crippen LogP contribution in [0, 0.1) is 0 Å². The van der Waals surface area contributed by atoms with Gasteiger partial charge in [-0.3, -0.25) is 4.79 Å². The van der Waals surface area contributed by atoms with E-state index in [1.54, 1.807) is 36.8 Å². The molecule has 0 spiro atoms. The van der Waals surface area contributed by atoms with Crippen LogP contribution in [-0.2, 0) is 6.54 Å². The maximum atomic E-state index is 11.9. The van der Waals surface area contributed by atoms with E-state index in [0.717, 1.165) is 5.56 Å². The van der Waals surface area contributed by atoms with Gasteiger partial charge in [0.05, 0.1) is 6.33 Å². The quantitative estimate of drug-likeness (QED) is 0.796. The summed E-state index contributed by atoms with van der Waals surface area (Å²) in [4.78, 5) is 16.1. The molecular weight excluding hydrogens is 260 g/mol. The number of thiocarbonyl (C=S) groups is 1. The first-order valence-electron chi connectivity index (χ1n) is 5.80. The monoisotopic (exact) mass is 274 g/mol. The predicted molar refractivity (Wildman–Crippen MR) is 76.9 cm³/mol. The highest BCUT2D eigenvalue weighted by molar-refractivity contribution is 7.80. The fourth-order valence-corrected chi connectivity index (χ4v) is 1.74. The second-order valence-corrected chi connectivity index (χ2v) is 4.44. The van der Waals surface area contributed by atoms with E-state index < -0.39 is 0 Å². The molecule has 0 saturated carbocycles. The first-order chi connectivity index (χ1) is 9.16. The minimum absolute atomic E-state index is 0.116. The third-order valence-corrected chi connectivity index (χ3v) is 2.88. The molecule has 6 heteroatoms. The van der Waals surface area contributed by atoms with Gasteiger partial charge in [0.1, 0.15) is 4.99 Å².